The van der Waals surface area contributed by atoms with Crippen LogP contribution in [-0.2, 0) is 11.5 Å². The summed E-state index contributed by atoms with van der Waals surface area (Å²) in [6.07, 6.45) is 3.75. The van der Waals surface area contributed by atoms with E-state index in [1.807, 2.05) is 43.6 Å². The lowest BCUT2D eigenvalue weighted by atomic mass is 9.96. The third-order valence-corrected chi connectivity index (χ3v) is 9.50. The number of fused-ring (bicyclic) bond motifs is 1. The number of ether oxygens (including phenoxy) is 1. The molecule has 0 amide bonds. The molecule has 0 radical (unpaired) electrons. The van der Waals surface area contributed by atoms with E-state index >= 15 is 0 Å². The standard InChI is InChI=1S/C27H35N5O3SSi/c1-19(20-6-8-23-24(14-20)36-26(33)31(23)18-35-12-13-37(3,4)5)22-10-11-32(29-22)25-9-7-21(15-28-25)30-16-27(2,34)17-30/h6-11,14-15,19,34H,12-13,16-18H2,1-5H3. The van der Waals surface area contributed by atoms with Gasteiger partial charge >= 0.3 is 4.87 Å². The van der Waals surface area contributed by atoms with Crippen LogP contribution in [0.1, 0.15) is 31.0 Å². The maximum absolute atomic E-state index is 12.6. The molecular formula is C27H35N5O3SSi. The highest BCUT2D eigenvalue weighted by atomic mass is 32.1. The number of pyridine rings is 1. The fourth-order valence-electron chi connectivity index (χ4n) is 4.54. The van der Waals surface area contributed by atoms with Crippen LogP contribution in [0.2, 0.25) is 25.7 Å². The van der Waals surface area contributed by atoms with Crippen molar-refractivity contribution in [1.29, 1.82) is 0 Å². The minimum Gasteiger partial charge on any atom is -0.386 e. The van der Waals surface area contributed by atoms with Gasteiger partial charge in [0.1, 0.15) is 6.73 Å². The zero-order valence-corrected chi connectivity index (χ0v) is 24.0. The van der Waals surface area contributed by atoms with Gasteiger partial charge in [-0.25, -0.2) is 9.67 Å². The minimum absolute atomic E-state index is 0.00782. The molecule has 0 saturated carbocycles. The van der Waals surface area contributed by atoms with Gasteiger partial charge in [-0.1, -0.05) is 44.0 Å². The molecule has 1 aliphatic heterocycles. The molecule has 0 bridgehead atoms. The first-order chi connectivity index (χ1) is 17.5. The summed E-state index contributed by atoms with van der Waals surface area (Å²) in [7, 11) is -1.16. The van der Waals surface area contributed by atoms with Gasteiger partial charge in [0.15, 0.2) is 5.82 Å². The van der Waals surface area contributed by atoms with Crippen LogP contribution in [0, 0.1) is 0 Å². The zero-order chi connectivity index (χ0) is 26.4. The zero-order valence-electron chi connectivity index (χ0n) is 22.1. The van der Waals surface area contributed by atoms with Crippen molar-refractivity contribution in [2.75, 3.05) is 24.6 Å². The lowest BCUT2D eigenvalue weighted by molar-refractivity contribution is 0.0310. The predicted octanol–water partition coefficient (Wildman–Crippen LogP) is 4.68. The molecular weight excluding hydrogens is 502 g/mol. The first kappa shape index (κ1) is 25.8. The van der Waals surface area contributed by atoms with Gasteiger partial charge in [0.2, 0.25) is 0 Å². The van der Waals surface area contributed by atoms with Crippen molar-refractivity contribution in [1.82, 2.24) is 19.3 Å². The number of rotatable bonds is 9. The van der Waals surface area contributed by atoms with Crippen molar-refractivity contribution in [2.24, 2.45) is 0 Å². The third kappa shape index (κ3) is 5.72. The summed E-state index contributed by atoms with van der Waals surface area (Å²) in [6, 6.07) is 13.2. The molecule has 10 heteroatoms. The molecule has 0 spiro atoms. The maximum atomic E-state index is 12.6. The van der Waals surface area contributed by atoms with Crippen LogP contribution >= 0.6 is 11.3 Å². The molecule has 1 aliphatic rings. The van der Waals surface area contributed by atoms with Crippen LogP contribution in [0.25, 0.3) is 16.0 Å². The van der Waals surface area contributed by atoms with Crippen LogP contribution in [0.3, 0.4) is 0 Å². The predicted molar refractivity (Wildman–Crippen MR) is 152 cm³/mol. The third-order valence-electron chi connectivity index (χ3n) is 6.86. The average molecular weight is 538 g/mol. The highest BCUT2D eigenvalue weighted by Gasteiger charge is 2.36. The summed E-state index contributed by atoms with van der Waals surface area (Å²) in [5.41, 5.74) is 3.34. The van der Waals surface area contributed by atoms with E-state index in [-0.39, 0.29) is 10.8 Å². The number of anilines is 1. The summed E-state index contributed by atoms with van der Waals surface area (Å²) in [5, 5.41) is 14.8. The van der Waals surface area contributed by atoms with Crippen LogP contribution in [0.5, 0.6) is 0 Å². The van der Waals surface area contributed by atoms with E-state index in [4.69, 9.17) is 9.84 Å². The number of thiazole rings is 1. The molecule has 4 heterocycles. The average Bonchev–Trinajstić information content (AvgIpc) is 3.43. The first-order valence-electron chi connectivity index (χ1n) is 12.7. The Kier molecular flexibility index (Phi) is 6.86. The smallest absolute Gasteiger partial charge is 0.310 e. The normalized spacial score (nSPS) is 16.2. The quantitative estimate of drug-likeness (QED) is 0.247. The van der Waals surface area contributed by atoms with E-state index in [2.05, 4.69) is 48.6 Å². The minimum atomic E-state index is -1.16. The van der Waals surface area contributed by atoms with Gasteiger partial charge in [0, 0.05) is 39.9 Å². The molecule has 196 valence electrons. The lowest BCUT2D eigenvalue weighted by Gasteiger charge is -2.45. The number of aromatic nitrogens is 4. The molecule has 37 heavy (non-hydrogen) atoms. The molecule has 1 atom stereocenters. The first-order valence-corrected chi connectivity index (χ1v) is 17.2. The Hall–Kier alpha value is -2.79. The number of hydrogen-bond acceptors (Lipinski definition) is 7. The van der Waals surface area contributed by atoms with E-state index in [0.29, 0.717) is 26.4 Å². The van der Waals surface area contributed by atoms with Crippen molar-refractivity contribution in [3.05, 3.63) is 69.7 Å². The molecule has 1 N–H and O–H groups in total. The van der Waals surface area contributed by atoms with Crippen molar-refractivity contribution in [3.8, 4) is 5.82 Å². The molecule has 1 unspecified atom stereocenters. The molecule has 5 rings (SSSR count). The molecule has 1 saturated heterocycles. The Morgan fingerprint density at radius 2 is 1.97 bits per heavy atom. The summed E-state index contributed by atoms with van der Waals surface area (Å²) in [6.45, 7) is 13.2. The number of aliphatic hydroxyl groups is 1. The monoisotopic (exact) mass is 537 g/mol. The van der Waals surface area contributed by atoms with Crippen molar-refractivity contribution >= 4 is 35.3 Å². The summed E-state index contributed by atoms with van der Waals surface area (Å²) in [5.74, 6) is 0.807. The Labute approximate surface area is 222 Å². The van der Waals surface area contributed by atoms with Crippen molar-refractivity contribution < 1.29 is 9.84 Å². The van der Waals surface area contributed by atoms with Gasteiger partial charge in [-0.3, -0.25) is 9.36 Å². The van der Waals surface area contributed by atoms with E-state index in [0.717, 1.165) is 39.0 Å². The highest BCUT2D eigenvalue weighted by Crippen LogP contribution is 2.29. The molecule has 3 aromatic heterocycles. The van der Waals surface area contributed by atoms with Gasteiger partial charge in [0.25, 0.3) is 0 Å². The van der Waals surface area contributed by atoms with E-state index < -0.39 is 13.7 Å². The van der Waals surface area contributed by atoms with Crippen LogP contribution in [0.4, 0.5) is 5.69 Å². The van der Waals surface area contributed by atoms with Gasteiger partial charge in [0.05, 0.1) is 33.4 Å². The van der Waals surface area contributed by atoms with Crippen LogP contribution < -0.4 is 9.77 Å². The fraction of sp³-hybridized carbons (Fsp3) is 0.444. The molecule has 0 aliphatic carbocycles. The molecule has 8 nitrogen and oxygen atoms in total. The summed E-state index contributed by atoms with van der Waals surface area (Å²) >= 11 is 1.26. The van der Waals surface area contributed by atoms with Gasteiger partial charge in [-0.05, 0) is 48.9 Å². The number of hydrogen-bond donors (Lipinski definition) is 1. The van der Waals surface area contributed by atoms with Crippen LogP contribution in [0.15, 0.2) is 53.6 Å². The second-order valence-corrected chi connectivity index (χ2v) is 18.1. The number of β-amino-alcohol motifs (C(OH)–C–C–N with tert-alkyl or cyclic N) is 1. The molecule has 4 aromatic rings. The lowest BCUT2D eigenvalue weighted by Crippen LogP contribution is -2.60. The largest absolute Gasteiger partial charge is 0.386 e. The van der Waals surface area contributed by atoms with E-state index in [1.54, 1.807) is 9.25 Å². The summed E-state index contributed by atoms with van der Waals surface area (Å²) < 4.78 is 10.3. The Morgan fingerprint density at radius 1 is 1.19 bits per heavy atom. The number of nitrogens with zero attached hydrogens (tertiary/aromatic N) is 5. The topological polar surface area (TPSA) is 85.4 Å². The van der Waals surface area contributed by atoms with Gasteiger partial charge in [-0.15, -0.1) is 0 Å². The Morgan fingerprint density at radius 3 is 2.65 bits per heavy atom. The second-order valence-electron chi connectivity index (χ2n) is 11.5. The Balaban J connectivity index is 1.28. The summed E-state index contributed by atoms with van der Waals surface area (Å²) in [4.78, 5) is 19.3. The van der Waals surface area contributed by atoms with Crippen molar-refractivity contribution in [3.63, 3.8) is 0 Å². The highest BCUT2D eigenvalue weighted by molar-refractivity contribution is 7.16. The van der Waals surface area contributed by atoms with E-state index in [9.17, 15) is 9.90 Å². The SMILES string of the molecule is CC(c1ccc2c(c1)sc(=O)n2COCC[Si](C)(C)C)c1ccn(-c2ccc(N3CC(C)(O)C3)cn2)n1. The second kappa shape index (κ2) is 9.83. The van der Waals surface area contributed by atoms with Crippen LogP contribution in [-0.4, -0.2) is 57.8 Å². The van der Waals surface area contributed by atoms with Crippen molar-refractivity contribution in [2.45, 2.75) is 57.8 Å². The van der Waals surface area contributed by atoms with Gasteiger partial charge in [-0.2, -0.15) is 5.10 Å². The van der Waals surface area contributed by atoms with Gasteiger partial charge < -0.3 is 14.7 Å². The molecule has 1 fully saturated rings. The van der Waals surface area contributed by atoms with E-state index in [1.165, 1.54) is 11.3 Å². The number of benzene rings is 1. The fourth-order valence-corrected chi connectivity index (χ4v) is 6.22. The molecule has 1 aromatic carbocycles. The maximum Gasteiger partial charge on any atom is 0.310 e. The Bertz CT molecular complexity index is 1440.